The Bertz CT molecular complexity index is 1010. The Hall–Kier alpha value is -3.34. The first-order valence-electron chi connectivity index (χ1n) is 8.68. The van der Waals surface area contributed by atoms with Crippen LogP contribution in [0.3, 0.4) is 0 Å². The summed E-state index contributed by atoms with van der Waals surface area (Å²) < 4.78 is 52.3. The lowest BCUT2D eigenvalue weighted by Crippen LogP contribution is -2.69. The van der Waals surface area contributed by atoms with Crippen molar-refractivity contribution < 1.29 is 32.2 Å². The number of halogens is 3. The van der Waals surface area contributed by atoms with Crippen LogP contribution >= 0.6 is 11.3 Å². The van der Waals surface area contributed by atoms with Gasteiger partial charge in [-0.05, 0) is 31.2 Å². The minimum absolute atomic E-state index is 0.0494. The molecule has 2 amide bonds. The fourth-order valence-electron chi connectivity index (χ4n) is 2.47. The number of ether oxygens (including phenoxy) is 2. The molecule has 0 aliphatic carbocycles. The number of rotatable bonds is 6. The lowest BCUT2D eigenvalue weighted by atomic mass is 10.2. The molecule has 1 heterocycles. The second-order valence-electron chi connectivity index (χ2n) is 5.88. The van der Waals surface area contributed by atoms with Crippen molar-refractivity contribution in [3.05, 3.63) is 54.6 Å². The third-order valence-electron chi connectivity index (χ3n) is 3.78. The molecule has 0 radical (unpaired) electrons. The fraction of sp³-hybridized carbons (Fsp3) is 0.211. The van der Waals surface area contributed by atoms with Gasteiger partial charge < -0.3 is 9.47 Å². The summed E-state index contributed by atoms with van der Waals surface area (Å²) in [5.41, 5.74) is -3.20. The quantitative estimate of drug-likeness (QED) is 0.441. The number of carbonyl (C=O) groups excluding carboxylic acids is 2. The van der Waals surface area contributed by atoms with Gasteiger partial charge in [0.2, 0.25) is 0 Å². The summed E-state index contributed by atoms with van der Waals surface area (Å²) in [6.45, 7) is 0.985. The number of hydrogen-bond acceptors (Lipinski definition) is 6. The van der Waals surface area contributed by atoms with Crippen LogP contribution in [0.1, 0.15) is 6.92 Å². The topological polar surface area (TPSA) is 89.5 Å². The number of aromatic nitrogens is 1. The Balaban J connectivity index is 1.91. The molecule has 3 rings (SSSR count). The number of esters is 1. The summed E-state index contributed by atoms with van der Waals surface area (Å²) in [6.07, 6.45) is -5.33. The number of hydrogen-bond donors (Lipinski definition) is 2. The van der Waals surface area contributed by atoms with Crippen molar-refractivity contribution in [1.29, 1.82) is 0 Å². The summed E-state index contributed by atoms with van der Waals surface area (Å²) in [5.74, 6) is -2.09. The van der Waals surface area contributed by atoms with Gasteiger partial charge in [0, 0.05) is 0 Å². The molecule has 3 aromatic rings. The van der Waals surface area contributed by atoms with E-state index in [1.54, 1.807) is 35.6 Å². The molecule has 1 aromatic heterocycles. The average Bonchev–Trinajstić information content (AvgIpc) is 3.09. The van der Waals surface area contributed by atoms with Gasteiger partial charge in [0.25, 0.3) is 0 Å². The summed E-state index contributed by atoms with van der Waals surface area (Å²) >= 11 is 1.06. The second kappa shape index (κ2) is 8.57. The highest BCUT2D eigenvalue weighted by Crippen LogP contribution is 2.34. The Morgan fingerprint density at radius 3 is 2.37 bits per heavy atom. The average molecular weight is 439 g/mol. The van der Waals surface area contributed by atoms with E-state index >= 15 is 0 Å². The summed E-state index contributed by atoms with van der Waals surface area (Å²) in [6, 6.07) is 12.4. The van der Waals surface area contributed by atoms with E-state index in [-0.39, 0.29) is 17.5 Å². The van der Waals surface area contributed by atoms with Gasteiger partial charge in [-0.2, -0.15) is 13.2 Å². The zero-order valence-electron chi connectivity index (χ0n) is 15.5. The summed E-state index contributed by atoms with van der Waals surface area (Å²) in [5, 5.41) is 3.85. The number of nitrogens with zero attached hydrogens (tertiary/aromatic N) is 1. The van der Waals surface area contributed by atoms with Gasteiger partial charge in [0.05, 0.1) is 16.8 Å². The third kappa shape index (κ3) is 4.46. The third-order valence-corrected chi connectivity index (χ3v) is 4.73. The van der Waals surface area contributed by atoms with Crippen LogP contribution in [-0.2, 0) is 9.53 Å². The zero-order chi connectivity index (χ0) is 21.8. The van der Waals surface area contributed by atoms with E-state index in [1.807, 2.05) is 0 Å². The summed E-state index contributed by atoms with van der Waals surface area (Å²) in [7, 11) is 0. The fourth-order valence-corrected chi connectivity index (χ4v) is 3.34. The van der Waals surface area contributed by atoms with Crippen LogP contribution < -0.4 is 15.4 Å². The van der Waals surface area contributed by atoms with Crippen LogP contribution in [-0.4, -0.2) is 35.5 Å². The molecule has 0 aliphatic heterocycles. The molecule has 7 nitrogen and oxygen atoms in total. The number of thiazole rings is 1. The maximum Gasteiger partial charge on any atom is 0.460 e. The van der Waals surface area contributed by atoms with Gasteiger partial charge in [-0.3, -0.25) is 10.6 Å². The van der Waals surface area contributed by atoms with Gasteiger partial charge in [-0.15, -0.1) is 0 Å². The first kappa shape index (κ1) is 21.4. The predicted molar refractivity (Wildman–Crippen MR) is 104 cm³/mol. The molecule has 0 bridgehead atoms. The number of anilines is 1. The van der Waals surface area contributed by atoms with Gasteiger partial charge in [-0.25, -0.2) is 14.6 Å². The number of fused-ring (bicyclic) bond motifs is 1. The van der Waals surface area contributed by atoms with Crippen molar-refractivity contribution in [3.8, 4) is 5.75 Å². The van der Waals surface area contributed by atoms with E-state index in [0.29, 0.717) is 5.52 Å². The van der Waals surface area contributed by atoms with Crippen LogP contribution in [0, 0.1) is 0 Å². The summed E-state index contributed by atoms with van der Waals surface area (Å²) in [4.78, 5) is 28.8. The van der Waals surface area contributed by atoms with Crippen LogP contribution in [0.4, 0.5) is 23.1 Å². The molecular formula is C19H16F3N3O4S. The maximum atomic E-state index is 14.0. The largest absolute Gasteiger partial charge is 0.461 e. The number of carbonyl (C=O) groups is 2. The maximum absolute atomic E-state index is 14.0. The highest BCUT2D eigenvalue weighted by molar-refractivity contribution is 7.22. The first-order valence-corrected chi connectivity index (χ1v) is 9.49. The minimum atomic E-state index is -5.33. The monoisotopic (exact) mass is 439 g/mol. The molecule has 30 heavy (non-hydrogen) atoms. The lowest BCUT2D eigenvalue weighted by Gasteiger charge is -2.33. The minimum Gasteiger partial charge on any atom is -0.461 e. The van der Waals surface area contributed by atoms with E-state index in [0.717, 1.165) is 16.0 Å². The number of nitrogens with one attached hydrogen (secondary N) is 2. The Kier molecular flexibility index (Phi) is 6.11. The number of amides is 2. The van der Waals surface area contributed by atoms with Crippen molar-refractivity contribution in [2.75, 3.05) is 11.9 Å². The zero-order valence-corrected chi connectivity index (χ0v) is 16.3. The van der Waals surface area contributed by atoms with Crippen molar-refractivity contribution in [3.63, 3.8) is 0 Å². The molecule has 0 unspecified atom stereocenters. The van der Waals surface area contributed by atoms with Gasteiger partial charge in [0.1, 0.15) is 5.75 Å². The number of urea groups is 1. The molecule has 1 atom stereocenters. The lowest BCUT2D eigenvalue weighted by molar-refractivity contribution is -0.259. The molecule has 11 heteroatoms. The van der Waals surface area contributed by atoms with E-state index in [4.69, 9.17) is 4.74 Å². The van der Waals surface area contributed by atoms with Crippen LogP contribution in [0.15, 0.2) is 54.6 Å². The van der Waals surface area contributed by atoms with E-state index < -0.39 is 23.9 Å². The van der Waals surface area contributed by atoms with Crippen LogP contribution in [0.25, 0.3) is 10.2 Å². The molecule has 0 saturated carbocycles. The van der Waals surface area contributed by atoms with Crippen molar-refractivity contribution in [1.82, 2.24) is 10.3 Å². The number of alkyl halides is 3. The van der Waals surface area contributed by atoms with E-state index in [2.05, 4.69) is 15.0 Å². The molecule has 0 aliphatic rings. The highest BCUT2D eigenvalue weighted by atomic mass is 32.1. The normalized spacial score (nSPS) is 13.3. The SMILES string of the molecule is CCOC(=O)[C@](NC(=O)Nc1nc2ccccc2s1)(Oc1ccccc1)C(F)(F)F. The molecule has 0 spiro atoms. The Morgan fingerprint density at radius 1 is 1.07 bits per heavy atom. The van der Waals surface area contributed by atoms with Crippen molar-refractivity contribution in [2.24, 2.45) is 0 Å². The van der Waals surface area contributed by atoms with Crippen LogP contribution in [0.5, 0.6) is 5.75 Å². The van der Waals surface area contributed by atoms with Gasteiger partial charge >= 0.3 is 23.9 Å². The predicted octanol–water partition coefficient (Wildman–Crippen LogP) is 4.32. The first-order chi connectivity index (χ1) is 14.2. The molecule has 0 fully saturated rings. The van der Waals surface area contributed by atoms with Gasteiger partial charge in [0.15, 0.2) is 5.13 Å². The van der Waals surface area contributed by atoms with E-state index in [9.17, 15) is 22.8 Å². The van der Waals surface area contributed by atoms with E-state index in [1.165, 1.54) is 31.2 Å². The Morgan fingerprint density at radius 2 is 1.73 bits per heavy atom. The Labute approximate surface area is 172 Å². The molecule has 158 valence electrons. The molecular weight excluding hydrogens is 423 g/mol. The van der Waals surface area contributed by atoms with Crippen molar-refractivity contribution in [2.45, 2.75) is 18.8 Å². The standard InChI is InChI=1S/C19H16F3N3O4S/c1-2-28-15(26)18(19(20,21)22,29-12-8-4-3-5-9-12)25-16(27)24-17-23-13-10-6-7-11-14(13)30-17/h3-11H,2H2,1H3,(H2,23,24,25,27)/t18-/m0/s1. The molecule has 0 saturated heterocycles. The van der Waals surface area contributed by atoms with Gasteiger partial charge in [-0.1, -0.05) is 41.7 Å². The number of para-hydroxylation sites is 2. The highest BCUT2D eigenvalue weighted by Gasteiger charge is 2.66. The smallest absolute Gasteiger partial charge is 0.460 e. The molecule has 2 aromatic carbocycles. The molecule has 2 N–H and O–H groups in total. The van der Waals surface area contributed by atoms with Crippen LogP contribution in [0.2, 0.25) is 0 Å². The van der Waals surface area contributed by atoms with Crippen molar-refractivity contribution >= 4 is 38.7 Å². The number of benzene rings is 2. The second-order valence-corrected chi connectivity index (χ2v) is 6.91.